The Labute approximate surface area is 183 Å². The molecule has 1 saturated heterocycles. The summed E-state index contributed by atoms with van der Waals surface area (Å²) in [5, 5.41) is 2.86. The summed E-state index contributed by atoms with van der Waals surface area (Å²) in [4.78, 5) is 39.1. The van der Waals surface area contributed by atoms with Gasteiger partial charge in [0.05, 0.1) is 5.92 Å². The zero-order chi connectivity index (χ0) is 22.5. The van der Waals surface area contributed by atoms with Crippen LogP contribution < -0.4 is 5.32 Å². The van der Waals surface area contributed by atoms with Crippen molar-refractivity contribution in [3.8, 4) is 0 Å². The van der Waals surface area contributed by atoms with Crippen LogP contribution in [0.15, 0.2) is 36.4 Å². The molecule has 1 aliphatic rings. The molecule has 0 aliphatic carbocycles. The van der Waals surface area contributed by atoms with Crippen molar-refractivity contribution in [2.24, 2.45) is 5.92 Å². The SMILES string of the molecule is Cc1cc(C(=O)COC(=O)C2CCN(C(=O)Nc3ccccc3)CC2)c(C)n1C(C)C. The van der Waals surface area contributed by atoms with Gasteiger partial charge < -0.3 is 19.5 Å². The standard InChI is InChI=1S/C24H31N3O4/c1-16(2)27-17(3)14-21(18(27)4)22(28)15-31-23(29)19-10-12-26(13-11-19)24(30)25-20-8-6-5-7-9-20/h5-9,14,16,19H,10-13,15H2,1-4H3,(H,25,30). The Morgan fingerprint density at radius 1 is 1.10 bits per heavy atom. The summed E-state index contributed by atoms with van der Waals surface area (Å²) in [6.07, 6.45) is 1.05. The highest BCUT2D eigenvalue weighted by Crippen LogP contribution is 2.22. The number of ketones is 1. The average Bonchev–Trinajstić information content (AvgIpc) is 3.06. The van der Waals surface area contributed by atoms with Gasteiger partial charge in [-0.15, -0.1) is 0 Å². The number of rotatable bonds is 6. The van der Waals surface area contributed by atoms with Crippen LogP contribution in [0.2, 0.25) is 0 Å². The van der Waals surface area contributed by atoms with Crippen molar-refractivity contribution in [3.63, 3.8) is 0 Å². The maximum absolute atomic E-state index is 12.6. The van der Waals surface area contributed by atoms with Crippen LogP contribution >= 0.6 is 0 Å². The first kappa shape index (κ1) is 22.6. The predicted molar refractivity (Wildman–Crippen MR) is 119 cm³/mol. The number of nitrogens with zero attached hydrogens (tertiary/aromatic N) is 2. The van der Waals surface area contributed by atoms with Crippen molar-refractivity contribution in [2.45, 2.75) is 46.6 Å². The number of piperidine rings is 1. The van der Waals surface area contributed by atoms with Gasteiger partial charge in [-0.3, -0.25) is 9.59 Å². The second-order valence-corrected chi connectivity index (χ2v) is 8.34. The number of amides is 2. The number of Topliss-reactive ketones (excluding diaryl/α,β-unsaturated/α-hetero) is 1. The smallest absolute Gasteiger partial charge is 0.321 e. The summed E-state index contributed by atoms with van der Waals surface area (Å²) in [5.74, 6) is -0.848. The van der Waals surface area contributed by atoms with E-state index in [1.165, 1.54) is 0 Å². The number of hydrogen-bond acceptors (Lipinski definition) is 4. The van der Waals surface area contributed by atoms with Gasteiger partial charge in [-0.05, 0) is 58.7 Å². The van der Waals surface area contributed by atoms with Crippen LogP contribution in [0.4, 0.5) is 10.5 Å². The first-order valence-corrected chi connectivity index (χ1v) is 10.8. The Bertz CT molecular complexity index is 941. The summed E-state index contributed by atoms with van der Waals surface area (Å²) in [6, 6.07) is 11.2. The van der Waals surface area contributed by atoms with Crippen LogP contribution in [-0.4, -0.2) is 46.9 Å². The molecule has 1 aromatic carbocycles. The maximum atomic E-state index is 12.6. The minimum Gasteiger partial charge on any atom is -0.457 e. The van der Waals surface area contributed by atoms with E-state index in [9.17, 15) is 14.4 Å². The quantitative estimate of drug-likeness (QED) is 0.551. The number of carbonyl (C=O) groups is 3. The molecular weight excluding hydrogens is 394 g/mol. The first-order chi connectivity index (χ1) is 14.8. The van der Waals surface area contributed by atoms with Gasteiger partial charge in [-0.25, -0.2) is 4.79 Å². The van der Waals surface area contributed by atoms with Crippen LogP contribution in [0.25, 0.3) is 0 Å². The van der Waals surface area contributed by atoms with Gasteiger partial charge in [0.1, 0.15) is 0 Å². The third-order valence-corrected chi connectivity index (χ3v) is 5.79. The van der Waals surface area contributed by atoms with Gasteiger partial charge >= 0.3 is 12.0 Å². The van der Waals surface area contributed by atoms with E-state index in [1.54, 1.807) is 4.90 Å². The zero-order valence-electron chi connectivity index (χ0n) is 18.7. The molecule has 0 unspecified atom stereocenters. The number of esters is 1. The summed E-state index contributed by atoms with van der Waals surface area (Å²) in [7, 11) is 0. The minimum atomic E-state index is -0.367. The summed E-state index contributed by atoms with van der Waals surface area (Å²) < 4.78 is 7.44. The van der Waals surface area contributed by atoms with Crippen LogP contribution in [0.5, 0.6) is 0 Å². The molecule has 1 fully saturated rings. The number of carbonyl (C=O) groups excluding carboxylic acids is 3. The lowest BCUT2D eigenvalue weighted by atomic mass is 9.97. The average molecular weight is 426 g/mol. The molecule has 0 atom stereocenters. The number of aryl methyl sites for hydroxylation is 1. The number of likely N-dealkylation sites (tertiary alicyclic amines) is 1. The molecule has 7 nitrogen and oxygen atoms in total. The lowest BCUT2D eigenvalue weighted by Crippen LogP contribution is -2.42. The predicted octanol–water partition coefficient (Wildman–Crippen LogP) is 4.36. The fourth-order valence-electron chi connectivity index (χ4n) is 4.23. The van der Waals surface area contributed by atoms with E-state index in [2.05, 4.69) is 23.7 Å². The number of para-hydroxylation sites is 1. The fraction of sp³-hybridized carbons (Fsp3) is 0.458. The topological polar surface area (TPSA) is 80.6 Å². The van der Waals surface area contributed by atoms with Crippen molar-refractivity contribution >= 4 is 23.5 Å². The molecule has 3 rings (SSSR count). The normalized spacial score (nSPS) is 14.5. The lowest BCUT2D eigenvalue weighted by Gasteiger charge is -2.30. The van der Waals surface area contributed by atoms with E-state index in [0.717, 1.165) is 17.1 Å². The van der Waals surface area contributed by atoms with E-state index in [0.29, 0.717) is 31.5 Å². The highest BCUT2D eigenvalue weighted by atomic mass is 16.5. The van der Waals surface area contributed by atoms with Crippen LogP contribution in [0.1, 0.15) is 54.5 Å². The molecule has 7 heteroatoms. The van der Waals surface area contributed by atoms with Crippen LogP contribution in [0, 0.1) is 19.8 Å². The van der Waals surface area contributed by atoms with E-state index >= 15 is 0 Å². The maximum Gasteiger partial charge on any atom is 0.321 e. The number of anilines is 1. The molecule has 1 aromatic heterocycles. The van der Waals surface area contributed by atoms with Gasteiger partial charge in [0, 0.05) is 41.8 Å². The monoisotopic (exact) mass is 425 g/mol. The third kappa shape index (κ3) is 5.34. The molecular formula is C24H31N3O4. The van der Waals surface area contributed by atoms with E-state index in [1.807, 2.05) is 50.2 Å². The Balaban J connectivity index is 1.47. The van der Waals surface area contributed by atoms with Crippen molar-refractivity contribution in [3.05, 3.63) is 53.3 Å². The van der Waals surface area contributed by atoms with Crippen molar-refractivity contribution in [2.75, 3.05) is 25.0 Å². The van der Waals surface area contributed by atoms with Gasteiger partial charge in [0.2, 0.25) is 5.78 Å². The van der Waals surface area contributed by atoms with Crippen LogP contribution in [0.3, 0.4) is 0 Å². The van der Waals surface area contributed by atoms with E-state index in [4.69, 9.17) is 4.74 Å². The molecule has 0 radical (unpaired) electrons. The van der Waals surface area contributed by atoms with Gasteiger partial charge in [-0.2, -0.15) is 0 Å². The zero-order valence-corrected chi connectivity index (χ0v) is 18.7. The van der Waals surface area contributed by atoms with Gasteiger partial charge in [0.15, 0.2) is 6.61 Å². The molecule has 0 bridgehead atoms. The highest BCUT2D eigenvalue weighted by Gasteiger charge is 2.29. The molecule has 2 amide bonds. The molecule has 0 saturated carbocycles. The summed E-state index contributed by atoms with van der Waals surface area (Å²) >= 11 is 0. The van der Waals surface area contributed by atoms with Crippen molar-refractivity contribution < 1.29 is 19.1 Å². The second-order valence-electron chi connectivity index (χ2n) is 8.34. The molecule has 2 heterocycles. The third-order valence-electron chi connectivity index (χ3n) is 5.79. The number of ether oxygens (including phenoxy) is 1. The number of urea groups is 1. The van der Waals surface area contributed by atoms with E-state index < -0.39 is 0 Å². The first-order valence-electron chi connectivity index (χ1n) is 10.8. The Morgan fingerprint density at radius 3 is 2.32 bits per heavy atom. The Kier molecular flexibility index (Phi) is 7.15. The van der Waals surface area contributed by atoms with E-state index in [-0.39, 0.29) is 36.4 Å². The van der Waals surface area contributed by atoms with Gasteiger partial charge in [-0.1, -0.05) is 18.2 Å². The second kappa shape index (κ2) is 9.81. The minimum absolute atomic E-state index is 0.172. The largest absolute Gasteiger partial charge is 0.457 e. The molecule has 1 N–H and O–H groups in total. The number of hydrogen-bond donors (Lipinski definition) is 1. The molecule has 1 aliphatic heterocycles. The number of aromatic nitrogens is 1. The summed E-state index contributed by atoms with van der Waals surface area (Å²) in [5.41, 5.74) is 3.25. The Morgan fingerprint density at radius 2 is 1.74 bits per heavy atom. The summed E-state index contributed by atoms with van der Waals surface area (Å²) in [6.45, 7) is 8.72. The molecule has 31 heavy (non-hydrogen) atoms. The molecule has 0 spiro atoms. The Hall–Kier alpha value is -3.09. The number of benzene rings is 1. The van der Waals surface area contributed by atoms with Crippen molar-refractivity contribution in [1.29, 1.82) is 0 Å². The molecule has 2 aromatic rings. The lowest BCUT2D eigenvalue weighted by molar-refractivity contribution is -0.148. The highest BCUT2D eigenvalue weighted by molar-refractivity contribution is 5.99. The van der Waals surface area contributed by atoms with Gasteiger partial charge in [0.25, 0.3) is 0 Å². The molecule has 166 valence electrons. The number of nitrogens with one attached hydrogen (secondary N) is 1. The fourth-order valence-corrected chi connectivity index (χ4v) is 4.23. The van der Waals surface area contributed by atoms with Crippen LogP contribution in [-0.2, 0) is 9.53 Å². The van der Waals surface area contributed by atoms with Crippen molar-refractivity contribution in [1.82, 2.24) is 9.47 Å².